The van der Waals surface area contributed by atoms with Crippen LogP contribution in [0.1, 0.15) is 79.2 Å². The zero-order chi connectivity index (χ0) is 24.8. The van der Waals surface area contributed by atoms with Crippen LogP contribution in [0.4, 0.5) is 0 Å². The van der Waals surface area contributed by atoms with Crippen molar-refractivity contribution in [3.05, 3.63) is 100 Å². The molecule has 0 spiro atoms. The quantitative estimate of drug-likeness (QED) is 0.365. The van der Waals surface area contributed by atoms with Gasteiger partial charge in [0.25, 0.3) is 0 Å². The van der Waals surface area contributed by atoms with Gasteiger partial charge in [0.2, 0.25) is 0 Å². The number of hydrogen-bond donors (Lipinski definition) is 0. The molecule has 2 fully saturated rings. The molecule has 0 heterocycles. The van der Waals surface area contributed by atoms with Gasteiger partial charge >= 0.3 is 0 Å². The average Bonchev–Trinajstić information content (AvgIpc) is 3.62. The molecule has 0 amide bonds. The Kier molecular flexibility index (Phi) is 6.40. The van der Waals surface area contributed by atoms with Crippen LogP contribution in [0.5, 0.6) is 0 Å². The van der Waals surface area contributed by atoms with E-state index in [1.54, 1.807) is 11.1 Å². The van der Waals surface area contributed by atoms with Gasteiger partial charge in [0.05, 0.1) is 0 Å². The third-order valence-electron chi connectivity index (χ3n) is 9.54. The van der Waals surface area contributed by atoms with E-state index in [4.69, 9.17) is 0 Å². The first-order chi connectivity index (χ1) is 17.5. The van der Waals surface area contributed by atoms with E-state index in [1.165, 1.54) is 95.9 Å². The molecule has 2 aromatic carbocycles. The molecule has 2 unspecified atom stereocenters. The van der Waals surface area contributed by atoms with Crippen molar-refractivity contribution in [2.45, 2.75) is 78.1 Å². The zero-order valence-corrected chi connectivity index (χ0v) is 22.4. The lowest BCUT2D eigenvalue weighted by atomic mass is 9.74. The van der Waals surface area contributed by atoms with Gasteiger partial charge in [-0.3, -0.25) is 0 Å². The number of aryl methyl sites for hydroxylation is 2. The lowest BCUT2D eigenvalue weighted by Crippen LogP contribution is -2.18. The van der Waals surface area contributed by atoms with Crippen LogP contribution in [0.2, 0.25) is 0 Å². The van der Waals surface area contributed by atoms with Gasteiger partial charge in [-0.1, -0.05) is 111 Å². The maximum atomic E-state index is 4.59. The minimum absolute atomic E-state index is 0.396. The van der Waals surface area contributed by atoms with Crippen molar-refractivity contribution >= 4 is 6.08 Å². The Morgan fingerprint density at radius 2 is 1.69 bits per heavy atom. The van der Waals surface area contributed by atoms with E-state index >= 15 is 0 Å². The van der Waals surface area contributed by atoms with Crippen molar-refractivity contribution in [1.29, 1.82) is 0 Å². The maximum Gasteiger partial charge on any atom is 0.00828 e. The zero-order valence-electron chi connectivity index (χ0n) is 22.4. The van der Waals surface area contributed by atoms with Gasteiger partial charge in [0.15, 0.2) is 0 Å². The monoisotopic (exact) mass is 474 g/mol. The second-order valence-corrected chi connectivity index (χ2v) is 12.3. The predicted octanol–water partition coefficient (Wildman–Crippen LogP) is 9.75. The van der Waals surface area contributed by atoms with Gasteiger partial charge in [0.1, 0.15) is 0 Å². The highest BCUT2D eigenvalue weighted by molar-refractivity contribution is 5.80. The molecule has 4 aliphatic rings. The highest BCUT2D eigenvalue weighted by atomic mass is 14.4. The van der Waals surface area contributed by atoms with Gasteiger partial charge in [-0.25, -0.2) is 0 Å². The van der Waals surface area contributed by atoms with Crippen LogP contribution in [0, 0.1) is 37.5 Å². The van der Waals surface area contributed by atoms with Gasteiger partial charge in [-0.05, 0) is 96.7 Å². The van der Waals surface area contributed by atoms with Crippen LogP contribution in [0.3, 0.4) is 0 Å². The molecule has 0 radical (unpaired) electrons. The predicted molar refractivity (Wildman–Crippen MR) is 155 cm³/mol. The number of hydrogen-bond acceptors (Lipinski definition) is 0. The van der Waals surface area contributed by atoms with E-state index in [1.807, 2.05) is 0 Å². The highest BCUT2D eigenvalue weighted by Crippen LogP contribution is 2.48. The maximum absolute atomic E-state index is 4.59. The number of benzene rings is 2. The molecule has 36 heavy (non-hydrogen) atoms. The molecule has 0 aromatic heterocycles. The topological polar surface area (TPSA) is 0 Å². The molecule has 2 atom stereocenters. The fourth-order valence-electron chi connectivity index (χ4n) is 7.38. The molecule has 2 saturated carbocycles. The molecular weight excluding hydrogens is 432 g/mol. The van der Waals surface area contributed by atoms with E-state index in [0.29, 0.717) is 11.8 Å². The Morgan fingerprint density at radius 3 is 2.47 bits per heavy atom. The molecule has 2 aromatic rings. The van der Waals surface area contributed by atoms with E-state index in [0.717, 1.165) is 24.7 Å². The van der Waals surface area contributed by atoms with Crippen molar-refractivity contribution in [2.75, 3.05) is 0 Å². The summed E-state index contributed by atoms with van der Waals surface area (Å²) in [6, 6.07) is 11.9. The van der Waals surface area contributed by atoms with Crippen molar-refractivity contribution in [1.82, 2.24) is 0 Å². The summed E-state index contributed by atoms with van der Waals surface area (Å²) in [6.07, 6.45) is 20.3. The first-order valence-electron chi connectivity index (χ1n) is 14.5. The molecule has 0 aliphatic heterocycles. The molecule has 0 N–H and O–H groups in total. The summed E-state index contributed by atoms with van der Waals surface area (Å²) in [5.41, 5.74) is 14.6. The summed E-state index contributed by atoms with van der Waals surface area (Å²) in [7, 11) is 0. The van der Waals surface area contributed by atoms with Crippen molar-refractivity contribution < 1.29 is 0 Å². The Labute approximate surface area is 218 Å². The molecule has 6 rings (SSSR count). The summed E-state index contributed by atoms with van der Waals surface area (Å²) in [5.74, 6) is 2.64. The highest BCUT2D eigenvalue weighted by Gasteiger charge is 2.36. The van der Waals surface area contributed by atoms with Gasteiger partial charge in [-0.15, -0.1) is 0 Å². The third-order valence-corrected chi connectivity index (χ3v) is 9.54. The second-order valence-electron chi connectivity index (χ2n) is 12.3. The lowest BCUT2D eigenvalue weighted by molar-refractivity contribution is 0.356. The van der Waals surface area contributed by atoms with Crippen LogP contribution >= 0.6 is 0 Å². The van der Waals surface area contributed by atoms with E-state index < -0.39 is 0 Å². The molecule has 186 valence electrons. The lowest BCUT2D eigenvalue weighted by Gasteiger charge is -2.30. The molecule has 0 nitrogen and oxygen atoms in total. The standard InChI is InChI=1S/C36H42/c1-23-17-25(3)34(20-27-9-6-5-7-10-27)36(18-23)32-12-8-11-30-19-28(22-35(30)32)21-33-24(2)13-16-31(26(33)4)29-14-15-29/h8,11-13,16-19,27,29,31,33H,2,4-7,9-10,14-15,20-22H2,1,3H3. The summed E-state index contributed by atoms with van der Waals surface area (Å²) < 4.78 is 0. The van der Waals surface area contributed by atoms with Gasteiger partial charge < -0.3 is 0 Å². The van der Waals surface area contributed by atoms with Crippen LogP contribution in [0.15, 0.2) is 72.4 Å². The van der Waals surface area contributed by atoms with Crippen LogP contribution < -0.4 is 0 Å². The Bertz CT molecular complexity index is 1260. The van der Waals surface area contributed by atoms with Crippen molar-refractivity contribution in [3.8, 4) is 11.1 Å². The fourth-order valence-corrected chi connectivity index (χ4v) is 7.38. The summed E-state index contributed by atoms with van der Waals surface area (Å²) in [6.45, 7) is 13.6. The summed E-state index contributed by atoms with van der Waals surface area (Å²) in [5, 5.41) is 0. The number of rotatable bonds is 6. The molecule has 0 heteroatoms. The van der Waals surface area contributed by atoms with Crippen LogP contribution in [-0.2, 0) is 12.8 Å². The molecule has 4 aliphatic carbocycles. The minimum Gasteiger partial charge on any atom is -0.0986 e. The SMILES string of the molecule is C=C1C=CC(C2CC2)C(=C)C1CC1=Cc2cccc(-c3cc(C)cc(C)c3CC3CCCCC3)c2C1. The van der Waals surface area contributed by atoms with Crippen molar-refractivity contribution in [2.24, 2.45) is 23.7 Å². The molecular formula is C36H42. The largest absolute Gasteiger partial charge is 0.0986 e. The van der Waals surface area contributed by atoms with Crippen LogP contribution in [-0.4, -0.2) is 0 Å². The first kappa shape index (κ1) is 23.8. The fraction of sp³-hybridized carbons (Fsp3) is 0.444. The van der Waals surface area contributed by atoms with Crippen molar-refractivity contribution in [3.63, 3.8) is 0 Å². The molecule has 0 bridgehead atoms. The van der Waals surface area contributed by atoms with Crippen LogP contribution in [0.25, 0.3) is 17.2 Å². The van der Waals surface area contributed by atoms with E-state index in [2.05, 4.69) is 75.6 Å². The Balaban J connectivity index is 1.28. The smallest absolute Gasteiger partial charge is 0.00828 e. The Morgan fingerprint density at radius 1 is 0.889 bits per heavy atom. The third kappa shape index (κ3) is 4.60. The second kappa shape index (κ2) is 9.70. The minimum atomic E-state index is 0.396. The number of allylic oxidation sites excluding steroid dienone is 5. The Hall–Kier alpha value is -2.60. The summed E-state index contributed by atoms with van der Waals surface area (Å²) >= 11 is 0. The van der Waals surface area contributed by atoms with Gasteiger partial charge in [-0.2, -0.15) is 0 Å². The summed E-state index contributed by atoms with van der Waals surface area (Å²) in [4.78, 5) is 0. The normalized spacial score (nSPS) is 24.2. The van der Waals surface area contributed by atoms with E-state index in [-0.39, 0.29) is 0 Å². The van der Waals surface area contributed by atoms with Gasteiger partial charge in [0, 0.05) is 11.8 Å². The first-order valence-corrected chi connectivity index (χ1v) is 14.5. The average molecular weight is 475 g/mol. The number of fused-ring (bicyclic) bond motifs is 1. The van der Waals surface area contributed by atoms with E-state index in [9.17, 15) is 0 Å². The molecule has 0 saturated heterocycles.